The van der Waals surface area contributed by atoms with Crippen molar-refractivity contribution in [3.63, 3.8) is 0 Å². The van der Waals surface area contributed by atoms with Crippen LogP contribution < -0.4 is 10.6 Å². The highest BCUT2D eigenvalue weighted by Gasteiger charge is 2.15. The van der Waals surface area contributed by atoms with Crippen molar-refractivity contribution >= 4 is 11.9 Å². The molecule has 0 bridgehead atoms. The molecule has 0 rings (SSSR count). The molecule has 0 atom stereocenters. The Morgan fingerprint density at radius 1 is 1.00 bits per heavy atom. The molecule has 0 heterocycles. The second-order valence-corrected chi connectivity index (χ2v) is 4.52. The van der Waals surface area contributed by atoms with E-state index < -0.39 is 5.60 Å². The van der Waals surface area contributed by atoms with Gasteiger partial charge in [-0.3, -0.25) is 9.59 Å². The number of ether oxygens (including phenoxy) is 2. The molecular formula is C11H22N2O4. The SMILES string of the molecule is COC(=O)CNCCNCC(=O)OC(C)(C)C. The molecule has 0 saturated heterocycles. The fourth-order valence-electron chi connectivity index (χ4n) is 1.01. The molecular weight excluding hydrogens is 224 g/mol. The van der Waals surface area contributed by atoms with E-state index in [2.05, 4.69) is 15.4 Å². The van der Waals surface area contributed by atoms with Gasteiger partial charge in [0, 0.05) is 13.1 Å². The minimum absolute atomic E-state index is 0.164. The van der Waals surface area contributed by atoms with Crippen LogP contribution in [-0.2, 0) is 19.1 Å². The summed E-state index contributed by atoms with van der Waals surface area (Å²) in [7, 11) is 1.34. The average molecular weight is 246 g/mol. The van der Waals surface area contributed by atoms with Crippen molar-refractivity contribution in [1.29, 1.82) is 0 Å². The topological polar surface area (TPSA) is 76.7 Å². The van der Waals surface area contributed by atoms with Gasteiger partial charge in [-0.1, -0.05) is 0 Å². The number of carbonyl (C=O) groups is 2. The Balaban J connectivity index is 3.40. The lowest BCUT2D eigenvalue weighted by atomic mass is 10.2. The van der Waals surface area contributed by atoms with Gasteiger partial charge in [0.05, 0.1) is 20.2 Å². The van der Waals surface area contributed by atoms with Crippen LogP contribution in [0.2, 0.25) is 0 Å². The Hall–Kier alpha value is -1.14. The first-order chi connectivity index (χ1) is 7.85. The number of methoxy groups -OCH3 is 1. The van der Waals surface area contributed by atoms with Gasteiger partial charge in [0.1, 0.15) is 5.60 Å². The zero-order chi connectivity index (χ0) is 13.3. The van der Waals surface area contributed by atoms with Crippen molar-refractivity contribution in [2.75, 3.05) is 33.3 Å². The number of esters is 2. The van der Waals surface area contributed by atoms with Crippen LogP contribution in [0.1, 0.15) is 20.8 Å². The molecule has 0 aromatic heterocycles. The first kappa shape index (κ1) is 15.9. The van der Waals surface area contributed by atoms with E-state index in [1.165, 1.54) is 7.11 Å². The molecule has 17 heavy (non-hydrogen) atoms. The average Bonchev–Trinajstić information content (AvgIpc) is 2.20. The minimum Gasteiger partial charge on any atom is -0.468 e. The van der Waals surface area contributed by atoms with E-state index in [0.717, 1.165) is 0 Å². The number of hydrogen-bond donors (Lipinski definition) is 2. The van der Waals surface area contributed by atoms with Gasteiger partial charge in [-0.2, -0.15) is 0 Å². The third kappa shape index (κ3) is 11.1. The zero-order valence-corrected chi connectivity index (χ0v) is 11.0. The summed E-state index contributed by atoms with van der Waals surface area (Å²) in [6.07, 6.45) is 0. The molecule has 0 unspecified atom stereocenters. The maximum Gasteiger partial charge on any atom is 0.320 e. The van der Waals surface area contributed by atoms with Crippen molar-refractivity contribution in [2.45, 2.75) is 26.4 Å². The first-order valence-corrected chi connectivity index (χ1v) is 5.55. The van der Waals surface area contributed by atoms with Gasteiger partial charge >= 0.3 is 11.9 Å². The highest BCUT2D eigenvalue weighted by molar-refractivity contribution is 5.72. The lowest BCUT2D eigenvalue weighted by Crippen LogP contribution is -2.36. The van der Waals surface area contributed by atoms with Gasteiger partial charge < -0.3 is 20.1 Å². The van der Waals surface area contributed by atoms with Gasteiger partial charge in [-0.15, -0.1) is 0 Å². The molecule has 100 valence electrons. The van der Waals surface area contributed by atoms with E-state index in [1.807, 2.05) is 20.8 Å². The Kier molecular flexibility index (Phi) is 7.49. The van der Waals surface area contributed by atoms with Crippen LogP contribution in [0.25, 0.3) is 0 Å². The van der Waals surface area contributed by atoms with Crippen LogP contribution in [-0.4, -0.2) is 50.8 Å². The van der Waals surface area contributed by atoms with Crippen molar-refractivity contribution in [3.8, 4) is 0 Å². The maximum absolute atomic E-state index is 11.3. The lowest BCUT2D eigenvalue weighted by Gasteiger charge is -2.19. The normalized spacial score (nSPS) is 11.1. The number of carbonyl (C=O) groups excluding carboxylic acids is 2. The fraction of sp³-hybridized carbons (Fsp3) is 0.818. The molecule has 0 aliphatic heterocycles. The second kappa shape index (κ2) is 8.03. The number of nitrogens with one attached hydrogen (secondary N) is 2. The highest BCUT2D eigenvalue weighted by Crippen LogP contribution is 2.05. The summed E-state index contributed by atoms with van der Waals surface area (Å²) in [5.41, 5.74) is -0.456. The quantitative estimate of drug-likeness (QED) is 0.473. The highest BCUT2D eigenvalue weighted by atomic mass is 16.6. The van der Waals surface area contributed by atoms with E-state index in [9.17, 15) is 9.59 Å². The summed E-state index contributed by atoms with van der Waals surface area (Å²) in [4.78, 5) is 22.0. The van der Waals surface area contributed by atoms with Crippen molar-refractivity contribution in [1.82, 2.24) is 10.6 Å². The molecule has 0 aliphatic rings. The van der Waals surface area contributed by atoms with Gasteiger partial charge in [-0.25, -0.2) is 0 Å². The van der Waals surface area contributed by atoms with Crippen LogP contribution in [0.15, 0.2) is 0 Å². The summed E-state index contributed by atoms with van der Waals surface area (Å²) in [6, 6.07) is 0. The van der Waals surface area contributed by atoms with E-state index in [-0.39, 0.29) is 25.0 Å². The van der Waals surface area contributed by atoms with Crippen molar-refractivity contribution in [3.05, 3.63) is 0 Å². The summed E-state index contributed by atoms with van der Waals surface area (Å²) < 4.78 is 9.56. The largest absolute Gasteiger partial charge is 0.468 e. The van der Waals surface area contributed by atoms with Gasteiger partial charge in [0.15, 0.2) is 0 Å². The molecule has 0 radical (unpaired) electrons. The molecule has 0 aliphatic carbocycles. The van der Waals surface area contributed by atoms with E-state index in [1.54, 1.807) is 0 Å². The van der Waals surface area contributed by atoms with E-state index >= 15 is 0 Å². The second-order valence-electron chi connectivity index (χ2n) is 4.52. The minimum atomic E-state index is -0.456. The van der Waals surface area contributed by atoms with Crippen LogP contribution >= 0.6 is 0 Å². The maximum atomic E-state index is 11.3. The molecule has 6 nitrogen and oxygen atoms in total. The molecule has 0 aromatic carbocycles. The Morgan fingerprint density at radius 3 is 1.88 bits per heavy atom. The Labute approximate surface area is 102 Å². The van der Waals surface area contributed by atoms with Crippen LogP contribution in [0.5, 0.6) is 0 Å². The Morgan fingerprint density at radius 2 is 1.47 bits per heavy atom. The summed E-state index contributed by atoms with van der Waals surface area (Å²) in [5.74, 6) is -0.595. The van der Waals surface area contributed by atoms with Gasteiger partial charge in [0.25, 0.3) is 0 Å². The van der Waals surface area contributed by atoms with Gasteiger partial charge in [-0.05, 0) is 20.8 Å². The predicted molar refractivity (Wildman–Crippen MR) is 63.6 cm³/mol. The zero-order valence-electron chi connectivity index (χ0n) is 11.0. The summed E-state index contributed by atoms with van der Waals surface area (Å²) in [5, 5.41) is 5.78. The summed E-state index contributed by atoms with van der Waals surface area (Å²) in [6.45, 7) is 6.96. The third-order valence-corrected chi connectivity index (χ3v) is 1.66. The molecule has 6 heteroatoms. The number of rotatable bonds is 7. The van der Waals surface area contributed by atoms with Crippen LogP contribution in [0, 0.1) is 0 Å². The fourth-order valence-corrected chi connectivity index (χ4v) is 1.01. The monoisotopic (exact) mass is 246 g/mol. The molecule has 0 amide bonds. The Bertz CT molecular complexity index is 248. The smallest absolute Gasteiger partial charge is 0.320 e. The molecule has 0 aromatic rings. The van der Waals surface area contributed by atoms with Crippen molar-refractivity contribution < 1.29 is 19.1 Å². The number of hydrogen-bond acceptors (Lipinski definition) is 6. The lowest BCUT2D eigenvalue weighted by molar-refractivity contribution is -0.153. The summed E-state index contributed by atoms with van der Waals surface area (Å²) >= 11 is 0. The third-order valence-electron chi connectivity index (χ3n) is 1.66. The van der Waals surface area contributed by atoms with E-state index in [0.29, 0.717) is 13.1 Å². The van der Waals surface area contributed by atoms with Gasteiger partial charge in [0.2, 0.25) is 0 Å². The van der Waals surface area contributed by atoms with Crippen molar-refractivity contribution in [2.24, 2.45) is 0 Å². The van der Waals surface area contributed by atoms with Crippen LogP contribution in [0.4, 0.5) is 0 Å². The standard InChI is InChI=1S/C11H22N2O4/c1-11(2,3)17-10(15)8-13-6-5-12-7-9(14)16-4/h12-13H,5-8H2,1-4H3. The van der Waals surface area contributed by atoms with Crippen LogP contribution in [0.3, 0.4) is 0 Å². The van der Waals surface area contributed by atoms with E-state index in [4.69, 9.17) is 4.74 Å². The first-order valence-electron chi connectivity index (χ1n) is 5.55. The predicted octanol–water partition coefficient (Wildman–Crippen LogP) is -0.320. The molecule has 0 saturated carbocycles. The molecule has 2 N–H and O–H groups in total. The molecule has 0 spiro atoms. The molecule has 0 fully saturated rings.